The minimum Gasteiger partial charge on any atom is -0.335 e. The van der Waals surface area contributed by atoms with E-state index >= 15 is 0 Å². The lowest BCUT2D eigenvalue weighted by atomic mass is 10.1. The second kappa shape index (κ2) is 5.17. The van der Waals surface area contributed by atoms with Crippen LogP contribution in [0.1, 0.15) is 29.3 Å². The number of nitrogens with zero attached hydrogens (tertiary/aromatic N) is 3. The molecular weight excluding hydrogens is 258 g/mol. The Kier molecular flexibility index (Phi) is 3.38. The van der Waals surface area contributed by atoms with Gasteiger partial charge in [0.25, 0.3) is 0 Å². The lowest BCUT2D eigenvalue weighted by molar-refractivity contribution is -0.131. The summed E-state index contributed by atoms with van der Waals surface area (Å²) in [6.45, 7) is 0.865. The number of amides is 1. The van der Waals surface area contributed by atoms with E-state index in [9.17, 15) is 4.79 Å². The van der Waals surface area contributed by atoms with Crippen LogP contribution in [0.4, 0.5) is 0 Å². The first-order valence-electron chi connectivity index (χ1n) is 6.54. The molecule has 3 rings (SSSR count). The molecule has 1 atom stereocenters. The number of likely N-dealkylation sites (tertiary alicyclic amines) is 1. The monoisotopic (exact) mass is 275 g/mol. The van der Waals surface area contributed by atoms with Gasteiger partial charge in [0.2, 0.25) is 5.91 Å². The number of aromatic nitrogens is 2. The smallest absolute Gasteiger partial charge is 0.228 e. The summed E-state index contributed by atoms with van der Waals surface area (Å²) in [5.74, 6) is 0.230. The second-order valence-electron chi connectivity index (χ2n) is 4.95. The molecule has 0 aliphatic carbocycles. The van der Waals surface area contributed by atoms with Crippen LogP contribution in [-0.4, -0.2) is 27.1 Å². The van der Waals surface area contributed by atoms with Crippen molar-refractivity contribution in [1.29, 1.82) is 0 Å². The topological polar surface area (TPSA) is 38.1 Å². The van der Waals surface area contributed by atoms with Crippen molar-refractivity contribution in [2.24, 2.45) is 7.05 Å². The van der Waals surface area contributed by atoms with E-state index in [1.54, 1.807) is 16.0 Å². The van der Waals surface area contributed by atoms with E-state index < -0.39 is 0 Å². The van der Waals surface area contributed by atoms with Crippen LogP contribution in [0.15, 0.2) is 29.9 Å². The Labute approximate surface area is 116 Å². The first-order valence-corrected chi connectivity index (χ1v) is 7.42. The third kappa shape index (κ3) is 2.56. The zero-order valence-corrected chi connectivity index (χ0v) is 11.8. The fourth-order valence-corrected chi connectivity index (χ4v) is 3.38. The molecular formula is C14H17N3OS. The summed E-state index contributed by atoms with van der Waals surface area (Å²) in [4.78, 5) is 15.6. The van der Waals surface area contributed by atoms with Crippen molar-refractivity contribution in [3.63, 3.8) is 0 Å². The van der Waals surface area contributed by atoms with E-state index in [4.69, 9.17) is 0 Å². The summed E-state index contributed by atoms with van der Waals surface area (Å²) >= 11 is 1.65. The van der Waals surface area contributed by atoms with Gasteiger partial charge >= 0.3 is 0 Å². The Morgan fingerprint density at radius 2 is 2.47 bits per heavy atom. The van der Waals surface area contributed by atoms with Crippen molar-refractivity contribution in [2.45, 2.75) is 25.3 Å². The van der Waals surface area contributed by atoms with Crippen molar-refractivity contribution >= 4 is 17.2 Å². The predicted molar refractivity (Wildman–Crippen MR) is 74.9 cm³/mol. The van der Waals surface area contributed by atoms with Gasteiger partial charge in [-0.25, -0.2) is 0 Å². The fraction of sp³-hybridized carbons (Fsp3) is 0.429. The molecule has 0 spiro atoms. The van der Waals surface area contributed by atoms with Gasteiger partial charge in [-0.2, -0.15) is 5.10 Å². The van der Waals surface area contributed by atoms with E-state index in [1.807, 2.05) is 41.9 Å². The Morgan fingerprint density at radius 3 is 3.16 bits per heavy atom. The molecule has 1 aliphatic rings. The summed E-state index contributed by atoms with van der Waals surface area (Å²) in [6.07, 6.45) is 6.54. The third-order valence-corrected chi connectivity index (χ3v) is 4.46. The molecule has 0 saturated carbocycles. The van der Waals surface area contributed by atoms with E-state index in [0.717, 1.165) is 29.8 Å². The molecule has 2 aromatic rings. The first kappa shape index (κ1) is 12.4. The number of hydrogen-bond donors (Lipinski definition) is 0. The van der Waals surface area contributed by atoms with Crippen LogP contribution in [0.3, 0.4) is 0 Å². The third-order valence-electron chi connectivity index (χ3n) is 3.59. The molecule has 0 bridgehead atoms. The van der Waals surface area contributed by atoms with Crippen LogP contribution in [0, 0.1) is 0 Å². The van der Waals surface area contributed by atoms with Crippen LogP contribution in [0.2, 0.25) is 0 Å². The fourth-order valence-electron chi connectivity index (χ4n) is 2.69. The van der Waals surface area contributed by atoms with E-state index in [-0.39, 0.29) is 11.9 Å². The Hall–Kier alpha value is -1.62. The number of carbonyl (C=O) groups excluding carboxylic acids is 1. The van der Waals surface area contributed by atoms with Crippen molar-refractivity contribution in [1.82, 2.24) is 14.7 Å². The average molecular weight is 275 g/mol. The zero-order valence-electron chi connectivity index (χ0n) is 11.0. The number of thiophene rings is 1. The normalized spacial score (nSPS) is 19.0. The SMILES string of the molecule is Cn1cc([C@@H]2CCCN2C(=O)Cc2cccs2)cn1. The largest absolute Gasteiger partial charge is 0.335 e. The molecule has 1 aliphatic heterocycles. The highest BCUT2D eigenvalue weighted by molar-refractivity contribution is 7.10. The van der Waals surface area contributed by atoms with E-state index in [1.165, 1.54) is 0 Å². The van der Waals surface area contributed by atoms with Crippen molar-refractivity contribution in [3.05, 3.63) is 40.3 Å². The molecule has 4 nitrogen and oxygen atoms in total. The highest BCUT2D eigenvalue weighted by atomic mass is 32.1. The van der Waals surface area contributed by atoms with Gasteiger partial charge in [-0.1, -0.05) is 6.07 Å². The maximum atomic E-state index is 12.4. The molecule has 1 fully saturated rings. The first-order chi connectivity index (χ1) is 9.24. The van der Waals surface area contributed by atoms with Gasteiger partial charge in [-0.15, -0.1) is 11.3 Å². The molecule has 1 amide bonds. The molecule has 2 aromatic heterocycles. The molecule has 0 unspecified atom stereocenters. The molecule has 5 heteroatoms. The molecule has 0 radical (unpaired) electrons. The van der Waals surface area contributed by atoms with Gasteiger partial charge in [0.05, 0.1) is 18.7 Å². The van der Waals surface area contributed by atoms with E-state index in [0.29, 0.717) is 6.42 Å². The van der Waals surface area contributed by atoms with Gasteiger partial charge in [-0.05, 0) is 24.3 Å². The lowest BCUT2D eigenvalue weighted by Crippen LogP contribution is -2.31. The zero-order chi connectivity index (χ0) is 13.2. The van der Waals surface area contributed by atoms with Crippen LogP contribution in [0.25, 0.3) is 0 Å². The van der Waals surface area contributed by atoms with Gasteiger partial charge in [-0.3, -0.25) is 9.48 Å². The molecule has 3 heterocycles. The summed E-state index contributed by atoms with van der Waals surface area (Å²) < 4.78 is 1.80. The highest BCUT2D eigenvalue weighted by Gasteiger charge is 2.30. The van der Waals surface area contributed by atoms with Crippen molar-refractivity contribution < 1.29 is 4.79 Å². The quantitative estimate of drug-likeness (QED) is 0.862. The Bertz CT molecular complexity index is 561. The van der Waals surface area contributed by atoms with Crippen LogP contribution in [-0.2, 0) is 18.3 Å². The summed E-state index contributed by atoms with van der Waals surface area (Å²) in [5.41, 5.74) is 1.15. The van der Waals surface area contributed by atoms with Crippen LogP contribution < -0.4 is 0 Å². The lowest BCUT2D eigenvalue weighted by Gasteiger charge is -2.23. The molecule has 19 heavy (non-hydrogen) atoms. The number of rotatable bonds is 3. The van der Waals surface area contributed by atoms with Crippen molar-refractivity contribution in [2.75, 3.05) is 6.54 Å². The van der Waals surface area contributed by atoms with Crippen molar-refractivity contribution in [3.8, 4) is 0 Å². The molecule has 0 N–H and O–H groups in total. The minimum atomic E-state index is 0.209. The van der Waals surface area contributed by atoms with Gasteiger partial charge < -0.3 is 4.90 Å². The number of carbonyl (C=O) groups is 1. The minimum absolute atomic E-state index is 0.209. The summed E-state index contributed by atoms with van der Waals surface area (Å²) in [5, 5.41) is 6.23. The van der Waals surface area contributed by atoms with Gasteiger partial charge in [0, 0.05) is 30.2 Å². The van der Waals surface area contributed by atoms with Gasteiger partial charge in [0.1, 0.15) is 0 Å². The molecule has 1 saturated heterocycles. The second-order valence-corrected chi connectivity index (χ2v) is 5.98. The maximum Gasteiger partial charge on any atom is 0.228 e. The average Bonchev–Trinajstić information content (AvgIpc) is 3.07. The summed E-state index contributed by atoms with van der Waals surface area (Å²) in [7, 11) is 1.91. The standard InChI is InChI=1S/C14H17N3OS/c1-16-10-11(9-15-16)13-5-2-6-17(13)14(18)8-12-4-3-7-19-12/h3-4,7,9-10,13H,2,5-6,8H2,1H3/t13-/m0/s1. The number of aryl methyl sites for hydroxylation is 1. The molecule has 100 valence electrons. The highest BCUT2D eigenvalue weighted by Crippen LogP contribution is 2.32. The molecule has 0 aromatic carbocycles. The van der Waals surface area contributed by atoms with Crippen LogP contribution >= 0.6 is 11.3 Å². The summed E-state index contributed by atoms with van der Waals surface area (Å²) in [6, 6.07) is 4.23. The Morgan fingerprint density at radius 1 is 1.58 bits per heavy atom. The Balaban J connectivity index is 1.74. The van der Waals surface area contributed by atoms with E-state index in [2.05, 4.69) is 5.10 Å². The predicted octanol–water partition coefficient (Wildman–Crippen LogP) is 2.39. The number of hydrogen-bond acceptors (Lipinski definition) is 3. The van der Waals surface area contributed by atoms with Crippen LogP contribution in [0.5, 0.6) is 0 Å². The maximum absolute atomic E-state index is 12.4. The van der Waals surface area contributed by atoms with Gasteiger partial charge in [0.15, 0.2) is 0 Å².